The molecule has 166 valence electrons. The standard InChI is InChI=1S/C25H31F2N3O/c1-4-20(15-26)28-24-17(2)30(16-25(3,31)18-8-10-19(27)11-9-18)22-12-14-29-13-6-5-7-21(29)23(22)24/h4,8-11,21,31H,2,5-7,12-16H2,1,3H3/b20-4-,28-24+. The predicted octanol–water partition coefficient (Wildman–Crippen LogP) is 4.69. The van der Waals surface area contributed by atoms with Gasteiger partial charge in [0.05, 0.1) is 23.7 Å². The number of aliphatic hydroxyl groups is 1. The van der Waals surface area contributed by atoms with Gasteiger partial charge in [-0.05, 0) is 50.9 Å². The summed E-state index contributed by atoms with van der Waals surface area (Å²) in [4.78, 5) is 9.23. The van der Waals surface area contributed by atoms with Crippen molar-refractivity contribution in [2.75, 3.05) is 26.3 Å². The maximum atomic E-state index is 13.5. The second-order valence-electron chi connectivity index (χ2n) is 8.85. The summed E-state index contributed by atoms with van der Waals surface area (Å²) in [5.41, 5.74) is 3.53. The summed E-state index contributed by atoms with van der Waals surface area (Å²) < 4.78 is 26.9. The van der Waals surface area contributed by atoms with Crippen LogP contribution in [-0.4, -0.2) is 53.0 Å². The van der Waals surface area contributed by atoms with E-state index in [1.165, 1.54) is 18.6 Å². The van der Waals surface area contributed by atoms with Crippen molar-refractivity contribution >= 4 is 5.71 Å². The first-order valence-electron chi connectivity index (χ1n) is 11.1. The highest BCUT2D eigenvalue weighted by molar-refractivity contribution is 6.16. The molecule has 1 saturated heterocycles. The van der Waals surface area contributed by atoms with Gasteiger partial charge in [0.15, 0.2) is 0 Å². The molecule has 1 N–H and O–H groups in total. The number of allylic oxidation sites excluding steroid dienone is 3. The Kier molecular flexibility index (Phi) is 6.13. The number of aliphatic imine (C=N–C) groups is 1. The molecule has 4 nitrogen and oxygen atoms in total. The van der Waals surface area contributed by atoms with Crippen LogP contribution in [0, 0.1) is 5.82 Å². The second-order valence-corrected chi connectivity index (χ2v) is 8.85. The van der Waals surface area contributed by atoms with Gasteiger partial charge in [-0.1, -0.05) is 31.2 Å². The lowest BCUT2D eigenvalue weighted by Gasteiger charge is -2.41. The van der Waals surface area contributed by atoms with Crippen molar-refractivity contribution in [3.05, 3.63) is 71.0 Å². The molecule has 1 aromatic carbocycles. The zero-order valence-corrected chi connectivity index (χ0v) is 18.4. The molecule has 0 amide bonds. The molecule has 0 saturated carbocycles. The van der Waals surface area contributed by atoms with Crippen LogP contribution in [0.25, 0.3) is 0 Å². The Morgan fingerprint density at radius 1 is 1.29 bits per heavy atom. The van der Waals surface area contributed by atoms with Gasteiger partial charge in [0.25, 0.3) is 0 Å². The van der Waals surface area contributed by atoms with Gasteiger partial charge in [-0.2, -0.15) is 0 Å². The minimum Gasteiger partial charge on any atom is -0.384 e. The largest absolute Gasteiger partial charge is 0.384 e. The van der Waals surface area contributed by atoms with Gasteiger partial charge in [-0.25, -0.2) is 13.8 Å². The van der Waals surface area contributed by atoms with Crippen LogP contribution in [0.5, 0.6) is 0 Å². The lowest BCUT2D eigenvalue weighted by molar-refractivity contribution is 0.0332. The average Bonchev–Trinajstić information content (AvgIpc) is 3.03. The molecule has 31 heavy (non-hydrogen) atoms. The highest BCUT2D eigenvalue weighted by Gasteiger charge is 2.43. The van der Waals surface area contributed by atoms with Crippen molar-refractivity contribution < 1.29 is 13.9 Å². The van der Waals surface area contributed by atoms with Crippen molar-refractivity contribution in [2.45, 2.75) is 51.2 Å². The van der Waals surface area contributed by atoms with E-state index in [2.05, 4.69) is 21.4 Å². The molecular formula is C25H31F2N3O. The third kappa shape index (κ3) is 4.11. The van der Waals surface area contributed by atoms with Gasteiger partial charge in [0, 0.05) is 30.3 Å². The Morgan fingerprint density at radius 3 is 2.71 bits per heavy atom. The molecule has 3 heterocycles. The fraction of sp³-hybridized carbons (Fsp3) is 0.480. The molecule has 0 radical (unpaired) electrons. The first-order valence-corrected chi connectivity index (χ1v) is 11.1. The maximum Gasteiger partial charge on any atom is 0.131 e. The average molecular weight is 428 g/mol. The number of hydrogen-bond acceptors (Lipinski definition) is 4. The SMILES string of the molecule is C=C1/C(=N\C(=C/C)CF)C2=C(CCN3CCCCC23)N1CC(C)(O)c1ccc(F)cc1. The van der Waals surface area contributed by atoms with Gasteiger partial charge in [0.2, 0.25) is 0 Å². The second kappa shape index (κ2) is 8.67. The Bertz CT molecular complexity index is 946. The molecular weight excluding hydrogens is 396 g/mol. The molecule has 3 aliphatic heterocycles. The number of rotatable bonds is 5. The molecule has 0 aliphatic carbocycles. The molecule has 3 aliphatic rings. The Labute approximate surface area is 183 Å². The quantitative estimate of drug-likeness (QED) is 0.741. The number of hydrogen-bond donors (Lipinski definition) is 1. The van der Waals surface area contributed by atoms with Gasteiger partial charge < -0.3 is 10.0 Å². The molecule has 1 aromatic rings. The predicted molar refractivity (Wildman–Crippen MR) is 120 cm³/mol. The van der Waals surface area contributed by atoms with Gasteiger partial charge in [0.1, 0.15) is 18.1 Å². The third-order valence-electron chi connectivity index (χ3n) is 6.73. The summed E-state index contributed by atoms with van der Waals surface area (Å²) in [6.07, 6.45) is 5.93. The van der Waals surface area contributed by atoms with Gasteiger partial charge in [-0.3, -0.25) is 4.90 Å². The summed E-state index contributed by atoms with van der Waals surface area (Å²) in [6.45, 7) is 9.50. The van der Waals surface area contributed by atoms with Crippen molar-refractivity contribution in [3.63, 3.8) is 0 Å². The number of nitrogens with zero attached hydrogens (tertiary/aromatic N) is 3. The lowest BCUT2D eigenvalue weighted by Crippen LogP contribution is -2.46. The van der Waals surface area contributed by atoms with Crippen LogP contribution in [0.2, 0.25) is 0 Å². The first-order chi connectivity index (χ1) is 14.9. The summed E-state index contributed by atoms with van der Waals surface area (Å²) in [7, 11) is 0. The molecule has 6 heteroatoms. The lowest BCUT2D eigenvalue weighted by atomic mass is 9.88. The number of alkyl halides is 1. The van der Waals surface area contributed by atoms with Crippen molar-refractivity contribution in [1.82, 2.24) is 9.80 Å². The van der Waals surface area contributed by atoms with Crippen LogP contribution in [0.4, 0.5) is 8.78 Å². The van der Waals surface area contributed by atoms with Crippen molar-refractivity contribution in [2.24, 2.45) is 4.99 Å². The van der Waals surface area contributed by atoms with Crippen molar-refractivity contribution in [1.29, 1.82) is 0 Å². The van der Waals surface area contributed by atoms with E-state index in [0.29, 0.717) is 17.0 Å². The zero-order chi connectivity index (χ0) is 22.2. The minimum atomic E-state index is -1.21. The van der Waals surface area contributed by atoms with E-state index in [9.17, 15) is 13.9 Å². The molecule has 2 atom stereocenters. The summed E-state index contributed by atoms with van der Waals surface area (Å²) in [5.74, 6) is -0.334. The van der Waals surface area contributed by atoms with Crippen LogP contribution < -0.4 is 0 Å². The molecule has 0 spiro atoms. The van der Waals surface area contributed by atoms with Crippen LogP contribution >= 0.6 is 0 Å². The number of β-amino-alcohol motifs (C(OH)–C–C–N with tert-alkyl or cyclic N) is 1. The summed E-state index contributed by atoms with van der Waals surface area (Å²) in [5, 5.41) is 11.3. The fourth-order valence-electron chi connectivity index (χ4n) is 5.02. The Morgan fingerprint density at radius 2 is 2.03 bits per heavy atom. The maximum absolute atomic E-state index is 13.5. The summed E-state index contributed by atoms with van der Waals surface area (Å²) >= 11 is 0. The molecule has 0 aromatic heterocycles. The van der Waals surface area contributed by atoms with Crippen molar-refractivity contribution in [3.8, 4) is 0 Å². The zero-order valence-electron chi connectivity index (χ0n) is 18.4. The van der Waals surface area contributed by atoms with E-state index in [0.717, 1.165) is 49.3 Å². The smallest absolute Gasteiger partial charge is 0.131 e. The van der Waals surface area contributed by atoms with Crippen LogP contribution in [0.3, 0.4) is 0 Å². The van der Waals surface area contributed by atoms with E-state index in [1.54, 1.807) is 32.1 Å². The molecule has 0 bridgehead atoms. The molecule has 2 unspecified atom stereocenters. The Balaban J connectivity index is 1.73. The van der Waals surface area contributed by atoms with Crippen LogP contribution in [-0.2, 0) is 5.60 Å². The monoisotopic (exact) mass is 427 g/mol. The number of fused-ring (bicyclic) bond motifs is 2. The normalized spacial score (nSPS) is 25.6. The van der Waals surface area contributed by atoms with E-state index >= 15 is 0 Å². The highest BCUT2D eigenvalue weighted by atomic mass is 19.1. The van der Waals surface area contributed by atoms with E-state index < -0.39 is 12.3 Å². The molecule has 4 rings (SSSR count). The van der Waals surface area contributed by atoms with Crippen LogP contribution in [0.15, 0.2) is 64.6 Å². The third-order valence-corrected chi connectivity index (χ3v) is 6.73. The minimum absolute atomic E-state index is 0.256. The summed E-state index contributed by atoms with van der Waals surface area (Å²) in [6, 6.07) is 6.21. The number of halogens is 2. The van der Waals surface area contributed by atoms with Gasteiger partial charge >= 0.3 is 0 Å². The molecule has 1 fully saturated rings. The number of benzene rings is 1. The van der Waals surface area contributed by atoms with E-state index in [4.69, 9.17) is 0 Å². The number of piperidine rings is 1. The highest BCUT2D eigenvalue weighted by Crippen LogP contribution is 2.42. The van der Waals surface area contributed by atoms with E-state index in [1.807, 2.05) is 0 Å². The first kappa shape index (κ1) is 21.9. The van der Waals surface area contributed by atoms with Crippen LogP contribution in [0.1, 0.15) is 45.1 Å². The van der Waals surface area contributed by atoms with Gasteiger partial charge in [-0.15, -0.1) is 0 Å². The van der Waals surface area contributed by atoms with E-state index in [-0.39, 0.29) is 18.4 Å². The topological polar surface area (TPSA) is 39.1 Å². The fourth-order valence-corrected chi connectivity index (χ4v) is 5.02. The Hall–Kier alpha value is -2.31.